The molecule has 4 aromatic rings. The molecule has 0 saturated heterocycles. The highest BCUT2D eigenvalue weighted by atomic mass is 35.5. The quantitative estimate of drug-likeness (QED) is 0.543. The molecule has 128 valence electrons. The lowest BCUT2D eigenvalue weighted by Crippen LogP contribution is -2.01. The van der Waals surface area contributed by atoms with Crippen LogP contribution in [0.5, 0.6) is 0 Å². The van der Waals surface area contributed by atoms with Gasteiger partial charge >= 0.3 is 0 Å². The molecule has 0 radical (unpaired) electrons. The van der Waals surface area contributed by atoms with Gasteiger partial charge in [-0.05, 0) is 35.9 Å². The van der Waals surface area contributed by atoms with E-state index in [-0.39, 0.29) is 5.52 Å². The third-order valence-corrected chi connectivity index (χ3v) is 4.33. The van der Waals surface area contributed by atoms with Gasteiger partial charge in [-0.2, -0.15) is 0 Å². The van der Waals surface area contributed by atoms with Gasteiger partial charge in [-0.3, -0.25) is 4.98 Å². The van der Waals surface area contributed by atoms with Gasteiger partial charge in [0.2, 0.25) is 0 Å². The Balaban J connectivity index is 1.98. The van der Waals surface area contributed by atoms with Crippen molar-refractivity contribution in [2.75, 3.05) is 12.4 Å². The van der Waals surface area contributed by atoms with E-state index in [1.165, 1.54) is 0 Å². The fraction of sp³-hybridized carbons (Fsp3) is 0.0500. The van der Waals surface area contributed by atoms with E-state index in [2.05, 4.69) is 20.3 Å². The first-order valence-corrected chi connectivity index (χ1v) is 8.39. The second-order valence-electron chi connectivity index (χ2n) is 5.72. The van der Waals surface area contributed by atoms with Gasteiger partial charge in [-0.1, -0.05) is 29.8 Å². The SMILES string of the molecule is CNc1nc(-c2cccnc2)nc2c(F)c(-c3cccc(Cl)c3)ccc12. The standard InChI is InChI=1S/C20H14ClFN4/c1-23-20-16-8-7-15(12-4-2-6-14(21)10-12)17(22)18(16)25-19(26-20)13-5-3-9-24-11-13/h2-11H,1H3,(H,23,25,26). The first-order chi connectivity index (χ1) is 12.7. The van der Waals surface area contributed by atoms with Gasteiger partial charge in [-0.25, -0.2) is 14.4 Å². The summed E-state index contributed by atoms with van der Waals surface area (Å²) in [6.45, 7) is 0. The smallest absolute Gasteiger partial charge is 0.163 e. The third-order valence-electron chi connectivity index (χ3n) is 4.10. The van der Waals surface area contributed by atoms with Gasteiger partial charge in [0.1, 0.15) is 11.3 Å². The molecule has 0 unspecified atom stereocenters. The minimum absolute atomic E-state index is 0.251. The number of rotatable bonds is 3. The van der Waals surface area contributed by atoms with Crippen LogP contribution in [0, 0.1) is 5.82 Å². The number of nitrogens with one attached hydrogen (secondary N) is 1. The first-order valence-electron chi connectivity index (χ1n) is 8.01. The second kappa shape index (κ2) is 6.69. The van der Waals surface area contributed by atoms with Gasteiger partial charge in [0.15, 0.2) is 11.6 Å². The van der Waals surface area contributed by atoms with Crippen LogP contribution in [0.2, 0.25) is 5.02 Å². The van der Waals surface area contributed by atoms with E-state index in [0.29, 0.717) is 33.2 Å². The number of hydrogen-bond acceptors (Lipinski definition) is 4. The van der Waals surface area contributed by atoms with Crippen molar-refractivity contribution < 1.29 is 4.39 Å². The molecule has 26 heavy (non-hydrogen) atoms. The highest BCUT2D eigenvalue weighted by molar-refractivity contribution is 6.30. The molecule has 0 atom stereocenters. The third kappa shape index (κ3) is 2.86. The number of halogens is 2. The van der Waals surface area contributed by atoms with E-state index in [4.69, 9.17) is 11.6 Å². The minimum Gasteiger partial charge on any atom is -0.373 e. The van der Waals surface area contributed by atoms with Crippen LogP contribution in [0.15, 0.2) is 60.9 Å². The van der Waals surface area contributed by atoms with Crippen molar-refractivity contribution in [2.24, 2.45) is 0 Å². The van der Waals surface area contributed by atoms with E-state index in [0.717, 1.165) is 5.56 Å². The highest BCUT2D eigenvalue weighted by Crippen LogP contribution is 2.33. The zero-order valence-corrected chi connectivity index (χ0v) is 14.6. The molecule has 0 aliphatic carbocycles. The fourth-order valence-electron chi connectivity index (χ4n) is 2.86. The molecule has 6 heteroatoms. The van der Waals surface area contributed by atoms with E-state index in [1.807, 2.05) is 18.2 Å². The Morgan fingerprint density at radius 3 is 2.58 bits per heavy atom. The van der Waals surface area contributed by atoms with Gasteiger partial charge < -0.3 is 5.32 Å². The van der Waals surface area contributed by atoms with Crippen molar-refractivity contribution >= 4 is 28.3 Å². The fourth-order valence-corrected chi connectivity index (χ4v) is 3.05. The molecule has 2 aromatic carbocycles. The van der Waals surface area contributed by atoms with Gasteiger partial charge in [-0.15, -0.1) is 0 Å². The van der Waals surface area contributed by atoms with Gasteiger partial charge in [0, 0.05) is 41.0 Å². The summed E-state index contributed by atoms with van der Waals surface area (Å²) in [4.78, 5) is 13.0. The normalized spacial score (nSPS) is 10.9. The molecule has 0 aliphatic heterocycles. The molecule has 0 bridgehead atoms. The molecule has 0 amide bonds. The number of benzene rings is 2. The van der Waals surface area contributed by atoms with Crippen LogP contribution in [0.1, 0.15) is 0 Å². The van der Waals surface area contributed by atoms with Crippen molar-refractivity contribution in [3.8, 4) is 22.5 Å². The Morgan fingerprint density at radius 1 is 1.00 bits per heavy atom. The molecule has 2 heterocycles. The molecule has 2 aromatic heterocycles. The first kappa shape index (κ1) is 16.4. The molecule has 4 rings (SSSR count). The Labute approximate surface area is 154 Å². The Hall–Kier alpha value is -3.05. The van der Waals surface area contributed by atoms with Crippen LogP contribution < -0.4 is 5.32 Å². The van der Waals surface area contributed by atoms with Crippen molar-refractivity contribution in [3.63, 3.8) is 0 Å². The van der Waals surface area contributed by atoms with E-state index in [9.17, 15) is 0 Å². The average molecular weight is 365 g/mol. The molecular formula is C20H14ClFN4. The van der Waals surface area contributed by atoms with Crippen molar-refractivity contribution in [3.05, 3.63) is 71.8 Å². The summed E-state index contributed by atoms with van der Waals surface area (Å²) in [6, 6.07) is 14.3. The van der Waals surface area contributed by atoms with E-state index < -0.39 is 5.82 Å². The lowest BCUT2D eigenvalue weighted by Gasteiger charge is -2.11. The highest BCUT2D eigenvalue weighted by Gasteiger charge is 2.16. The largest absolute Gasteiger partial charge is 0.373 e. The van der Waals surface area contributed by atoms with Gasteiger partial charge in [0.25, 0.3) is 0 Å². The molecule has 0 saturated carbocycles. The number of aromatic nitrogens is 3. The summed E-state index contributed by atoms with van der Waals surface area (Å²) >= 11 is 6.05. The average Bonchev–Trinajstić information content (AvgIpc) is 2.68. The maximum Gasteiger partial charge on any atom is 0.163 e. The summed E-state index contributed by atoms with van der Waals surface area (Å²) in [7, 11) is 1.75. The minimum atomic E-state index is -0.409. The molecule has 1 N–H and O–H groups in total. The maximum absolute atomic E-state index is 15.3. The predicted octanol–water partition coefficient (Wildman–Crippen LogP) is 5.19. The molecular weight excluding hydrogens is 351 g/mol. The van der Waals surface area contributed by atoms with Crippen LogP contribution in [0.4, 0.5) is 10.2 Å². The van der Waals surface area contributed by atoms with Crippen LogP contribution in [-0.2, 0) is 0 Å². The Kier molecular flexibility index (Phi) is 4.22. The predicted molar refractivity (Wildman–Crippen MR) is 103 cm³/mol. The number of anilines is 1. The Morgan fingerprint density at radius 2 is 1.85 bits per heavy atom. The second-order valence-corrected chi connectivity index (χ2v) is 6.16. The summed E-state index contributed by atoms with van der Waals surface area (Å²) in [5.74, 6) is 0.566. The molecule has 0 spiro atoms. The number of pyridine rings is 1. The Bertz CT molecular complexity index is 1100. The van der Waals surface area contributed by atoms with Crippen molar-refractivity contribution in [1.29, 1.82) is 0 Å². The summed E-state index contributed by atoms with van der Waals surface area (Å²) in [5.41, 5.74) is 2.11. The van der Waals surface area contributed by atoms with Crippen LogP contribution in [-0.4, -0.2) is 22.0 Å². The van der Waals surface area contributed by atoms with Gasteiger partial charge in [0.05, 0.1) is 0 Å². The summed E-state index contributed by atoms with van der Waals surface area (Å²) in [5, 5.41) is 4.18. The van der Waals surface area contributed by atoms with E-state index >= 15 is 4.39 Å². The summed E-state index contributed by atoms with van der Waals surface area (Å²) in [6.07, 6.45) is 3.32. The number of hydrogen-bond donors (Lipinski definition) is 1. The lowest BCUT2D eigenvalue weighted by molar-refractivity contribution is 0.640. The number of nitrogens with zero attached hydrogens (tertiary/aromatic N) is 3. The zero-order valence-electron chi connectivity index (χ0n) is 13.9. The van der Waals surface area contributed by atoms with Crippen LogP contribution in [0.3, 0.4) is 0 Å². The van der Waals surface area contributed by atoms with E-state index in [1.54, 1.807) is 49.8 Å². The van der Waals surface area contributed by atoms with Crippen LogP contribution in [0.25, 0.3) is 33.4 Å². The lowest BCUT2D eigenvalue weighted by atomic mass is 10.0. The summed E-state index contributed by atoms with van der Waals surface area (Å²) < 4.78 is 15.3. The molecule has 0 aliphatic rings. The van der Waals surface area contributed by atoms with Crippen molar-refractivity contribution in [2.45, 2.75) is 0 Å². The van der Waals surface area contributed by atoms with Crippen LogP contribution >= 0.6 is 11.6 Å². The molecule has 4 nitrogen and oxygen atoms in total. The maximum atomic E-state index is 15.3. The monoisotopic (exact) mass is 364 g/mol. The van der Waals surface area contributed by atoms with Crippen molar-refractivity contribution in [1.82, 2.24) is 15.0 Å². The topological polar surface area (TPSA) is 50.7 Å². The molecule has 0 fully saturated rings. The zero-order chi connectivity index (χ0) is 18.1. The number of fused-ring (bicyclic) bond motifs is 1.